The van der Waals surface area contributed by atoms with E-state index in [0.29, 0.717) is 6.07 Å². The zero-order valence-electron chi connectivity index (χ0n) is 8.35. The number of hydrogen-bond donors (Lipinski definition) is 0. The van der Waals surface area contributed by atoms with Gasteiger partial charge in [0.25, 0.3) is 0 Å². The molecule has 0 radical (unpaired) electrons. The average Bonchev–Trinajstić information content (AvgIpc) is 2.15. The molecule has 2 nitrogen and oxygen atoms in total. The summed E-state index contributed by atoms with van der Waals surface area (Å²) in [7, 11) is 0. The van der Waals surface area contributed by atoms with Crippen LogP contribution in [-0.4, -0.2) is 18.0 Å². The molecule has 1 rings (SSSR count). The van der Waals surface area contributed by atoms with E-state index in [0.717, 1.165) is 12.1 Å². The van der Waals surface area contributed by atoms with Gasteiger partial charge in [0.05, 0.1) is 5.56 Å². The Morgan fingerprint density at radius 2 is 2.00 bits per heavy atom. The quantitative estimate of drug-likeness (QED) is 0.475. The van der Waals surface area contributed by atoms with Crippen molar-refractivity contribution in [1.29, 1.82) is 0 Å². The van der Waals surface area contributed by atoms with Gasteiger partial charge in [0, 0.05) is 18.4 Å². The number of ether oxygens (including phenoxy) is 1. The van der Waals surface area contributed by atoms with E-state index < -0.39 is 23.7 Å². The van der Waals surface area contributed by atoms with Crippen molar-refractivity contribution in [2.45, 2.75) is 12.8 Å². The minimum atomic E-state index is -4.98. The van der Waals surface area contributed by atoms with Crippen LogP contribution in [0.4, 0.5) is 17.6 Å². The van der Waals surface area contributed by atoms with Gasteiger partial charge < -0.3 is 4.74 Å². The lowest BCUT2D eigenvalue weighted by Crippen LogP contribution is -2.19. The number of ketones is 1. The van der Waals surface area contributed by atoms with Crippen LogP contribution in [-0.2, 0) is 0 Å². The molecule has 0 bridgehead atoms. The van der Waals surface area contributed by atoms with Gasteiger partial charge in [-0.15, -0.1) is 24.8 Å². The lowest BCUT2D eigenvalue weighted by atomic mass is 10.1. The molecule has 17 heavy (non-hydrogen) atoms. The molecule has 0 unspecified atom stereocenters. The maximum absolute atomic E-state index is 12.8. The Morgan fingerprint density at radius 1 is 1.35 bits per heavy atom. The number of rotatable bonds is 4. The van der Waals surface area contributed by atoms with Gasteiger partial charge in [-0.05, 0) is 12.1 Å². The first-order valence-corrected chi connectivity index (χ1v) is 5.01. The zero-order valence-corrected chi connectivity index (χ0v) is 9.11. The maximum atomic E-state index is 12.8. The standard InChI is InChI=1S/C10H7ClF4O2/c11-4-3-8(16)7-2-1-6(12)5-9(7)17-10(13,14)15/h1-2,5H,3-4H2. The molecule has 1 aromatic carbocycles. The molecule has 0 fully saturated rings. The molecule has 1 aromatic rings. The van der Waals surface area contributed by atoms with Gasteiger partial charge in [0.15, 0.2) is 5.78 Å². The van der Waals surface area contributed by atoms with E-state index in [4.69, 9.17) is 11.6 Å². The van der Waals surface area contributed by atoms with Gasteiger partial charge >= 0.3 is 6.36 Å². The summed E-state index contributed by atoms with van der Waals surface area (Å²) < 4.78 is 52.4. The van der Waals surface area contributed by atoms with Crippen molar-refractivity contribution in [1.82, 2.24) is 0 Å². The second kappa shape index (κ2) is 5.35. The Morgan fingerprint density at radius 3 is 2.53 bits per heavy atom. The molecular weight excluding hydrogens is 264 g/mol. The third-order valence-corrected chi connectivity index (χ3v) is 1.98. The third-order valence-electron chi connectivity index (χ3n) is 1.79. The fourth-order valence-corrected chi connectivity index (χ4v) is 1.33. The number of benzene rings is 1. The van der Waals surface area contributed by atoms with Crippen LogP contribution in [0.5, 0.6) is 5.75 Å². The molecule has 94 valence electrons. The van der Waals surface area contributed by atoms with Crippen molar-refractivity contribution in [2.24, 2.45) is 0 Å². The van der Waals surface area contributed by atoms with E-state index in [1.807, 2.05) is 0 Å². The maximum Gasteiger partial charge on any atom is 0.573 e. The van der Waals surface area contributed by atoms with Crippen LogP contribution in [0.15, 0.2) is 18.2 Å². The summed E-state index contributed by atoms with van der Waals surface area (Å²) in [6, 6.07) is 2.32. The van der Waals surface area contributed by atoms with Crippen molar-refractivity contribution in [2.75, 3.05) is 5.88 Å². The summed E-state index contributed by atoms with van der Waals surface area (Å²) >= 11 is 5.31. The largest absolute Gasteiger partial charge is 0.573 e. The minimum absolute atomic E-state index is 0.0400. The predicted molar refractivity (Wildman–Crippen MR) is 52.8 cm³/mol. The van der Waals surface area contributed by atoms with Gasteiger partial charge in [0.2, 0.25) is 0 Å². The molecular formula is C10H7ClF4O2. The van der Waals surface area contributed by atoms with E-state index in [-0.39, 0.29) is 17.9 Å². The van der Waals surface area contributed by atoms with Crippen LogP contribution in [0.2, 0.25) is 0 Å². The Bertz CT molecular complexity index is 417. The van der Waals surface area contributed by atoms with Gasteiger partial charge in [0.1, 0.15) is 11.6 Å². The molecule has 0 aliphatic rings. The van der Waals surface area contributed by atoms with E-state index >= 15 is 0 Å². The van der Waals surface area contributed by atoms with Crippen LogP contribution >= 0.6 is 11.6 Å². The number of alkyl halides is 4. The van der Waals surface area contributed by atoms with Gasteiger partial charge in [-0.3, -0.25) is 4.79 Å². The zero-order chi connectivity index (χ0) is 13.1. The summed E-state index contributed by atoms with van der Waals surface area (Å²) in [6.07, 6.45) is -5.13. The second-order valence-corrected chi connectivity index (χ2v) is 3.43. The predicted octanol–water partition coefficient (Wildman–Crippen LogP) is 3.54. The molecule has 0 spiro atoms. The Hall–Kier alpha value is -1.30. The molecule has 7 heteroatoms. The summed E-state index contributed by atoms with van der Waals surface area (Å²) in [5.41, 5.74) is -0.343. The van der Waals surface area contributed by atoms with E-state index in [9.17, 15) is 22.4 Å². The van der Waals surface area contributed by atoms with Crippen molar-refractivity contribution < 1.29 is 27.1 Å². The molecule has 0 heterocycles. The molecule has 0 N–H and O–H groups in total. The highest BCUT2D eigenvalue weighted by atomic mass is 35.5. The van der Waals surface area contributed by atoms with Crippen LogP contribution < -0.4 is 4.74 Å². The van der Waals surface area contributed by atoms with Crippen LogP contribution in [0.1, 0.15) is 16.8 Å². The summed E-state index contributed by atoms with van der Waals surface area (Å²) in [5.74, 6) is -2.46. The smallest absolute Gasteiger partial charge is 0.405 e. The van der Waals surface area contributed by atoms with E-state index in [1.165, 1.54) is 0 Å². The highest BCUT2D eigenvalue weighted by molar-refractivity contribution is 6.19. The lowest BCUT2D eigenvalue weighted by Gasteiger charge is -2.12. The fraction of sp³-hybridized carbons (Fsp3) is 0.300. The number of hydrogen-bond acceptors (Lipinski definition) is 2. The number of carbonyl (C=O) groups is 1. The number of carbonyl (C=O) groups excluding carboxylic acids is 1. The minimum Gasteiger partial charge on any atom is -0.405 e. The van der Waals surface area contributed by atoms with Crippen molar-refractivity contribution >= 4 is 17.4 Å². The molecule has 0 atom stereocenters. The SMILES string of the molecule is O=C(CCCl)c1ccc(F)cc1OC(F)(F)F. The molecule has 0 saturated heterocycles. The Labute approximate surface area is 99.1 Å². The van der Waals surface area contributed by atoms with Crippen LogP contribution in [0, 0.1) is 5.82 Å². The lowest BCUT2D eigenvalue weighted by molar-refractivity contribution is -0.274. The third kappa shape index (κ3) is 4.22. The van der Waals surface area contributed by atoms with E-state index in [1.54, 1.807) is 0 Å². The Kier molecular flexibility index (Phi) is 4.34. The summed E-state index contributed by atoms with van der Waals surface area (Å²) in [4.78, 5) is 11.4. The van der Waals surface area contributed by atoms with E-state index in [2.05, 4.69) is 4.74 Å². The van der Waals surface area contributed by atoms with Gasteiger partial charge in [-0.2, -0.15) is 0 Å². The first-order chi connectivity index (χ1) is 7.83. The van der Waals surface area contributed by atoms with Crippen molar-refractivity contribution in [3.8, 4) is 5.75 Å². The molecule has 0 amide bonds. The monoisotopic (exact) mass is 270 g/mol. The number of Topliss-reactive ketones (excluding diaryl/α,β-unsaturated/α-hetero) is 1. The van der Waals surface area contributed by atoms with Crippen LogP contribution in [0.3, 0.4) is 0 Å². The van der Waals surface area contributed by atoms with Crippen molar-refractivity contribution in [3.05, 3.63) is 29.6 Å². The fourth-order valence-electron chi connectivity index (χ4n) is 1.16. The second-order valence-electron chi connectivity index (χ2n) is 3.05. The first-order valence-electron chi connectivity index (χ1n) is 4.48. The molecule has 0 aromatic heterocycles. The van der Waals surface area contributed by atoms with Gasteiger partial charge in [-0.1, -0.05) is 0 Å². The normalized spacial score (nSPS) is 11.4. The summed E-state index contributed by atoms with van der Waals surface area (Å²) in [5, 5.41) is 0. The average molecular weight is 271 g/mol. The molecule has 0 aliphatic heterocycles. The molecule has 0 aliphatic carbocycles. The Balaban J connectivity index is 3.08. The highest BCUT2D eigenvalue weighted by Gasteiger charge is 2.33. The first kappa shape index (κ1) is 13.8. The van der Waals surface area contributed by atoms with Crippen LogP contribution in [0.25, 0.3) is 0 Å². The highest BCUT2D eigenvalue weighted by Crippen LogP contribution is 2.28. The topological polar surface area (TPSA) is 26.3 Å². The van der Waals surface area contributed by atoms with Gasteiger partial charge in [-0.25, -0.2) is 4.39 Å². The molecule has 0 saturated carbocycles. The number of halogens is 5. The van der Waals surface area contributed by atoms with Crippen molar-refractivity contribution in [3.63, 3.8) is 0 Å². The summed E-state index contributed by atoms with van der Waals surface area (Å²) in [6.45, 7) is 0.